The fourth-order valence-electron chi connectivity index (χ4n) is 3.37. The summed E-state index contributed by atoms with van der Waals surface area (Å²) in [5.41, 5.74) is 6.77. The number of amides is 1. The van der Waals surface area contributed by atoms with Gasteiger partial charge in [0, 0.05) is 47.3 Å². The highest BCUT2D eigenvalue weighted by Gasteiger charge is 2.11. The summed E-state index contributed by atoms with van der Waals surface area (Å²) < 4.78 is 1.86. The highest BCUT2D eigenvalue weighted by atomic mass is 35.5. The first-order valence-electron chi connectivity index (χ1n) is 10.7. The van der Waals surface area contributed by atoms with Crippen LogP contribution in [-0.4, -0.2) is 25.7 Å². The van der Waals surface area contributed by atoms with E-state index in [9.17, 15) is 4.79 Å². The Morgan fingerprint density at radius 2 is 1.85 bits per heavy atom. The van der Waals surface area contributed by atoms with Crippen LogP contribution < -0.4 is 10.6 Å². The minimum atomic E-state index is -0.182. The highest BCUT2D eigenvalue weighted by molar-refractivity contribution is 6.17. The number of nitrogens with one attached hydrogen (secondary N) is 2. The number of carbonyl (C=O) groups excluding carboxylic acids is 1. The lowest BCUT2D eigenvalue weighted by Crippen LogP contribution is -2.13. The van der Waals surface area contributed by atoms with Crippen molar-refractivity contribution in [1.82, 2.24) is 19.7 Å². The van der Waals surface area contributed by atoms with Crippen LogP contribution in [0.4, 0.5) is 17.3 Å². The molecule has 2 heterocycles. The van der Waals surface area contributed by atoms with Crippen molar-refractivity contribution < 1.29 is 4.79 Å². The summed E-state index contributed by atoms with van der Waals surface area (Å²) >= 11 is 5.92. The molecule has 4 rings (SSSR count). The first kappa shape index (κ1) is 22.5. The topological polar surface area (TPSA) is 84.7 Å². The monoisotopic (exact) mass is 460 g/mol. The number of hydrogen-bond acceptors (Lipinski definition) is 5. The molecular formula is C25H25ClN6O. The molecule has 7 nitrogen and oxygen atoms in total. The third-order valence-corrected chi connectivity index (χ3v) is 5.62. The second-order valence-corrected chi connectivity index (χ2v) is 8.02. The van der Waals surface area contributed by atoms with Gasteiger partial charge >= 0.3 is 0 Å². The third-order valence-electron chi connectivity index (χ3n) is 5.31. The Labute approximate surface area is 197 Å². The van der Waals surface area contributed by atoms with E-state index < -0.39 is 0 Å². The molecule has 8 heteroatoms. The number of aryl methyl sites for hydroxylation is 3. The van der Waals surface area contributed by atoms with E-state index in [4.69, 9.17) is 11.6 Å². The van der Waals surface area contributed by atoms with Crippen LogP contribution in [0.3, 0.4) is 0 Å². The smallest absolute Gasteiger partial charge is 0.255 e. The van der Waals surface area contributed by atoms with Crippen molar-refractivity contribution in [3.63, 3.8) is 0 Å². The number of hydrogen-bond donors (Lipinski definition) is 2. The largest absolute Gasteiger partial charge is 0.324 e. The van der Waals surface area contributed by atoms with Crippen LogP contribution in [-0.2, 0) is 12.4 Å². The van der Waals surface area contributed by atoms with E-state index in [2.05, 4.69) is 25.7 Å². The Morgan fingerprint density at radius 3 is 2.55 bits per heavy atom. The first-order chi connectivity index (χ1) is 16.0. The van der Waals surface area contributed by atoms with Crippen molar-refractivity contribution in [2.75, 3.05) is 10.6 Å². The second kappa shape index (κ2) is 9.83. The molecule has 0 radical (unpaired) electrons. The number of halogens is 1. The molecule has 33 heavy (non-hydrogen) atoms. The quantitative estimate of drug-likeness (QED) is 0.345. The summed E-state index contributed by atoms with van der Waals surface area (Å²) in [6.07, 6.45) is 5.56. The van der Waals surface area contributed by atoms with E-state index in [-0.39, 0.29) is 5.91 Å². The van der Waals surface area contributed by atoms with Crippen LogP contribution >= 0.6 is 11.6 Å². The Bertz CT molecular complexity index is 1280. The van der Waals surface area contributed by atoms with Gasteiger partial charge in [-0.05, 0) is 67.8 Å². The van der Waals surface area contributed by atoms with Gasteiger partial charge in [-0.15, -0.1) is 11.6 Å². The van der Waals surface area contributed by atoms with Gasteiger partial charge in [0.05, 0.1) is 11.9 Å². The number of aromatic nitrogens is 4. The maximum Gasteiger partial charge on any atom is 0.255 e. The van der Waals surface area contributed by atoms with Gasteiger partial charge in [-0.25, -0.2) is 9.97 Å². The Balaban J connectivity index is 1.48. The summed E-state index contributed by atoms with van der Waals surface area (Å²) in [6, 6.07) is 13.0. The van der Waals surface area contributed by atoms with E-state index in [0.29, 0.717) is 17.4 Å². The third kappa shape index (κ3) is 5.21. The fraction of sp³-hybridized carbons (Fsp3) is 0.200. The maximum atomic E-state index is 12.7. The SMILES string of the molecule is CCn1cc(-c2nc(Nc3ccc(C(=O)Nc4cc(CCl)ccc4C)cc3)ncc2C)cn1. The number of alkyl halides is 1. The van der Waals surface area contributed by atoms with Crippen LogP contribution in [0.1, 0.15) is 34.0 Å². The van der Waals surface area contributed by atoms with Crippen molar-refractivity contribution in [1.29, 1.82) is 0 Å². The lowest BCUT2D eigenvalue weighted by Gasteiger charge is -2.11. The lowest BCUT2D eigenvalue weighted by atomic mass is 10.1. The zero-order chi connectivity index (χ0) is 23.4. The normalized spacial score (nSPS) is 10.8. The molecule has 0 bridgehead atoms. The molecule has 1 amide bonds. The zero-order valence-corrected chi connectivity index (χ0v) is 19.5. The van der Waals surface area contributed by atoms with Gasteiger partial charge in [-0.2, -0.15) is 5.10 Å². The van der Waals surface area contributed by atoms with E-state index in [1.165, 1.54) is 0 Å². The van der Waals surface area contributed by atoms with Gasteiger partial charge in [0.25, 0.3) is 5.91 Å². The summed E-state index contributed by atoms with van der Waals surface area (Å²) in [5, 5.41) is 10.5. The summed E-state index contributed by atoms with van der Waals surface area (Å²) in [6.45, 7) is 6.76. The number of nitrogens with zero attached hydrogens (tertiary/aromatic N) is 4. The minimum absolute atomic E-state index is 0.182. The predicted molar refractivity (Wildman–Crippen MR) is 132 cm³/mol. The van der Waals surface area contributed by atoms with Crippen molar-refractivity contribution in [2.45, 2.75) is 33.2 Å². The number of anilines is 3. The number of carbonyl (C=O) groups is 1. The molecular weight excluding hydrogens is 436 g/mol. The van der Waals surface area contributed by atoms with Crippen LogP contribution in [0.2, 0.25) is 0 Å². The van der Waals surface area contributed by atoms with Crippen LogP contribution in [0, 0.1) is 13.8 Å². The number of benzene rings is 2. The van der Waals surface area contributed by atoms with E-state index in [1.54, 1.807) is 24.5 Å². The molecule has 0 unspecified atom stereocenters. The Hall–Kier alpha value is -3.71. The highest BCUT2D eigenvalue weighted by Crippen LogP contribution is 2.23. The molecule has 2 aromatic carbocycles. The van der Waals surface area contributed by atoms with E-state index >= 15 is 0 Å². The second-order valence-electron chi connectivity index (χ2n) is 7.75. The Morgan fingerprint density at radius 1 is 1.06 bits per heavy atom. The van der Waals surface area contributed by atoms with Crippen molar-refractivity contribution in [2.24, 2.45) is 0 Å². The van der Waals surface area contributed by atoms with Crippen molar-refractivity contribution >= 4 is 34.8 Å². The zero-order valence-electron chi connectivity index (χ0n) is 18.8. The average Bonchev–Trinajstić information content (AvgIpc) is 3.31. The molecule has 0 atom stereocenters. The molecule has 0 aliphatic heterocycles. The van der Waals surface area contributed by atoms with Gasteiger partial charge < -0.3 is 10.6 Å². The summed E-state index contributed by atoms with van der Waals surface area (Å²) in [4.78, 5) is 21.7. The molecule has 2 aromatic heterocycles. The molecule has 0 saturated carbocycles. The minimum Gasteiger partial charge on any atom is -0.324 e. The predicted octanol–water partition coefficient (Wildman–Crippen LogP) is 5.71. The standard InChI is InChI=1S/C25H25ClN6O/c1-4-32-15-20(14-28-32)23-17(3)13-27-25(31-23)29-21-9-7-19(8-10-21)24(33)30-22-11-18(12-26)6-5-16(22)2/h5-11,13-15H,4,12H2,1-3H3,(H,30,33)(H,27,29,31). The molecule has 168 valence electrons. The van der Waals surface area contributed by atoms with Gasteiger partial charge in [-0.1, -0.05) is 12.1 Å². The van der Waals surface area contributed by atoms with Crippen molar-refractivity contribution in [3.8, 4) is 11.3 Å². The summed E-state index contributed by atoms with van der Waals surface area (Å²) in [5.74, 6) is 0.691. The van der Waals surface area contributed by atoms with Gasteiger partial charge in [-0.3, -0.25) is 9.48 Å². The molecule has 0 saturated heterocycles. The van der Waals surface area contributed by atoms with Gasteiger partial charge in [0.2, 0.25) is 5.95 Å². The molecule has 0 fully saturated rings. The van der Waals surface area contributed by atoms with E-state index in [1.807, 2.05) is 62.0 Å². The molecule has 0 aliphatic rings. The Kier molecular flexibility index (Phi) is 6.70. The van der Waals surface area contributed by atoms with Gasteiger partial charge in [0.15, 0.2) is 0 Å². The lowest BCUT2D eigenvalue weighted by molar-refractivity contribution is 0.102. The summed E-state index contributed by atoms with van der Waals surface area (Å²) in [7, 11) is 0. The van der Waals surface area contributed by atoms with Gasteiger partial charge in [0.1, 0.15) is 0 Å². The van der Waals surface area contributed by atoms with Crippen LogP contribution in [0.25, 0.3) is 11.3 Å². The molecule has 4 aromatic rings. The van der Waals surface area contributed by atoms with Crippen LogP contribution in [0.5, 0.6) is 0 Å². The van der Waals surface area contributed by atoms with Crippen LogP contribution in [0.15, 0.2) is 61.1 Å². The average molecular weight is 461 g/mol. The molecule has 0 aliphatic carbocycles. The molecule has 0 spiro atoms. The first-order valence-corrected chi connectivity index (χ1v) is 11.2. The fourth-order valence-corrected chi connectivity index (χ4v) is 3.54. The van der Waals surface area contributed by atoms with Crippen molar-refractivity contribution in [3.05, 3.63) is 83.3 Å². The molecule has 2 N–H and O–H groups in total. The van der Waals surface area contributed by atoms with E-state index in [0.717, 1.165) is 45.9 Å². The maximum absolute atomic E-state index is 12.7. The number of rotatable bonds is 7.